The summed E-state index contributed by atoms with van der Waals surface area (Å²) >= 11 is 3.38. The van der Waals surface area contributed by atoms with E-state index in [0.29, 0.717) is 18.1 Å². The molecule has 1 aromatic carbocycles. The summed E-state index contributed by atoms with van der Waals surface area (Å²) < 4.78 is 1.01. The smallest absolute Gasteiger partial charge is 0.272 e. The normalized spacial score (nSPS) is 10.2. The summed E-state index contributed by atoms with van der Waals surface area (Å²) in [5.74, 6) is 0.453. The Kier molecular flexibility index (Phi) is 5.68. The molecule has 0 spiro atoms. The summed E-state index contributed by atoms with van der Waals surface area (Å²) in [4.78, 5) is 12.0. The fourth-order valence-corrected chi connectivity index (χ4v) is 1.94. The van der Waals surface area contributed by atoms with Crippen LogP contribution in [0.4, 0.5) is 5.82 Å². The van der Waals surface area contributed by atoms with Gasteiger partial charge in [-0.1, -0.05) is 35.0 Å². The Hall–Kier alpha value is -1.95. The van der Waals surface area contributed by atoms with E-state index in [0.717, 1.165) is 23.0 Å². The number of halogens is 1. The molecule has 21 heavy (non-hydrogen) atoms. The van der Waals surface area contributed by atoms with Crippen molar-refractivity contribution in [2.75, 3.05) is 11.9 Å². The number of hydrogen-bond acceptors (Lipinski definition) is 4. The predicted octanol–water partition coefficient (Wildman–Crippen LogP) is 2.99. The Morgan fingerprint density at radius 2 is 1.90 bits per heavy atom. The summed E-state index contributed by atoms with van der Waals surface area (Å²) in [6, 6.07) is 11.2. The predicted molar refractivity (Wildman–Crippen MR) is 86.1 cm³/mol. The van der Waals surface area contributed by atoms with E-state index in [1.54, 1.807) is 12.1 Å². The fourth-order valence-electron chi connectivity index (χ4n) is 1.68. The molecule has 1 aromatic heterocycles. The SMILES string of the molecule is CCCNc1ccc(C(=O)NCc2ccc(Br)cc2)nn1. The second-order valence-electron chi connectivity index (χ2n) is 4.54. The lowest BCUT2D eigenvalue weighted by Gasteiger charge is -2.06. The molecular weight excluding hydrogens is 332 g/mol. The zero-order chi connectivity index (χ0) is 15.1. The van der Waals surface area contributed by atoms with Crippen LogP contribution >= 0.6 is 15.9 Å². The lowest BCUT2D eigenvalue weighted by Crippen LogP contribution is -2.24. The van der Waals surface area contributed by atoms with Gasteiger partial charge in [0.15, 0.2) is 5.69 Å². The van der Waals surface area contributed by atoms with E-state index in [2.05, 4.69) is 43.7 Å². The minimum atomic E-state index is -0.229. The molecule has 0 unspecified atom stereocenters. The van der Waals surface area contributed by atoms with Crippen molar-refractivity contribution in [2.45, 2.75) is 19.9 Å². The summed E-state index contributed by atoms with van der Waals surface area (Å²) in [5.41, 5.74) is 1.34. The van der Waals surface area contributed by atoms with Gasteiger partial charge >= 0.3 is 0 Å². The molecule has 0 aliphatic heterocycles. The monoisotopic (exact) mass is 348 g/mol. The molecule has 5 nitrogen and oxygen atoms in total. The van der Waals surface area contributed by atoms with Crippen LogP contribution in [-0.2, 0) is 6.54 Å². The number of benzene rings is 1. The number of carbonyl (C=O) groups is 1. The Balaban J connectivity index is 1.89. The van der Waals surface area contributed by atoms with Crippen LogP contribution in [-0.4, -0.2) is 22.6 Å². The van der Waals surface area contributed by atoms with E-state index in [9.17, 15) is 4.79 Å². The lowest BCUT2D eigenvalue weighted by molar-refractivity contribution is 0.0945. The van der Waals surface area contributed by atoms with Gasteiger partial charge in [-0.2, -0.15) is 0 Å². The number of nitrogens with one attached hydrogen (secondary N) is 2. The molecule has 0 atom stereocenters. The van der Waals surface area contributed by atoms with Crippen LogP contribution in [0.5, 0.6) is 0 Å². The van der Waals surface area contributed by atoms with E-state index in [1.807, 2.05) is 24.3 Å². The first-order chi connectivity index (χ1) is 10.2. The first-order valence-corrected chi connectivity index (χ1v) is 7.58. The van der Waals surface area contributed by atoms with Crippen molar-refractivity contribution >= 4 is 27.7 Å². The molecule has 2 aromatic rings. The molecular formula is C15H17BrN4O. The molecule has 0 bridgehead atoms. The summed E-state index contributed by atoms with van der Waals surface area (Å²) in [6.07, 6.45) is 1.01. The standard InChI is InChI=1S/C15H17BrN4O/c1-2-9-17-14-8-7-13(19-20-14)15(21)18-10-11-3-5-12(16)6-4-11/h3-8H,2,9-10H2,1H3,(H,17,20)(H,18,21). The zero-order valence-corrected chi connectivity index (χ0v) is 13.4. The van der Waals surface area contributed by atoms with E-state index in [-0.39, 0.29) is 5.91 Å². The Morgan fingerprint density at radius 3 is 2.52 bits per heavy atom. The van der Waals surface area contributed by atoms with Crippen LogP contribution in [0, 0.1) is 0 Å². The summed E-state index contributed by atoms with van der Waals surface area (Å²) in [7, 11) is 0. The Morgan fingerprint density at radius 1 is 1.14 bits per heavy atom. The van der Waals surface area contributed by atoms with Crippen LogP contribution in [0.25, 0.3) is 0 Å². The lowest BCUT2D eigenvalue weighted by atomic mass is 10.2. The molecule has 0 aliphatic rings. The van der Waals surface area contributed by atoms with Gasteiger partial charge in [0.2, 0.25) is 0 Å². The molecule has 0 saturated carbocycles. The van der Waals surface area contributed by atoms with Crippen LogP contribution in [0.1, 0.15) is 29.4 Å². The zero-order valence-electron chi connectivity index (χ0n) is 11.8. The van der Waals surface area contributed by atoms with Gasteiger partial charge < -0.3 is 10.6 Å². The number of aromatic nitrogens is 2. The second kappa shape index (κ2) is 7.73. The molecule has 0 saturated heterocycles. The van der Waals surface area contributed by atoms with Crippen LogP contribution in [0.2, 0.25) is 0 Å². The Labute approximate surface area is 132 Å². The van der Waals surface area contributed by atoms with Crippen LogP contribution < -0.4 is 10.6 Å². The highest BCUT2D eigenvalue weighted by Crippen LogP contribution is 2.10. The molecule has 0 fully saturated rings. The maximum absolute atomic E-state index is 12.0. The van der Waals surface area contributed by atoms with E-state index < -0.39 is 0 Å². The largest absolute Gasteiger partial charge is 0.369 e. The van der Waals surface area contributed by atoms with Gasteiger partial charge in [0, 0.05) is 17.6 Å². The van der Waals surface area contributed by atoms with Crippen LogP contribution in [0.3, 0.4) is 0 Å². The molecule has 1 amide bonds. The van der Waals surface area contributed by atoms with Gasteiger partial charge in [-0.25, -0.2) is 0 Å². The fraction of sp³-hybridized carbons (Fsp3) is 0.267. The van der Waals surface area contributed by atoms with E-state index in [1.165, 1.54) is 0 Å². The van der Waals surface area contributed by atoms with Crippen molar-refractivity contribution in [3.63, 3.8) is 0 Å². The first-order valence-electron chi connectivity index (χ1n) is 6.79. The molecule has 2 N–H and O–H groups in total. The summed E-state index contributed by atoms with van der Waals surface area (Å²) in [6.45, 7) is 3.37. The van der Waals surface area contributed by atoms with Crippen molar-refractivity contribution in [1.82, 2.24) is 15.5 Å². The number of hydrogen-bond donors (Lipinski definition) is 2. The first kappa shape index (κ1) is 15.4. The highest BCUT2D eigenvalue weighted by atomic mass is 79.9. The van der Waals surface area contributed by atoms with Crippen molar-refractivity contribution in [2.24, 2.45) is 0 Å². The molecule has 1 heterocycles. The van der Waals surface area contributed by atoms with Gasteiger partial charge in [0.25, 0.3) is 5.91 Å². The third-order valence-corrected chi connectivity index (χ3v) is 3.35. The van der Waals surface area contributed by atoms with Crippen molar-refractivity contribution < 1.29 is 4.79 Å². The topological polar surface area (TPSA) is 66.9 Å². The van der Waals surface area contributed by atoms with Gasteiger partial charge in [-0.3, -0.25) is 4.79 Å². The maximum Gasteiger partial charge on any atom is 0.272 e. The number of amides is 1. The maximum atomic E-state index is 12.0. The average molecular weight is 349 g/mol. The summed E-state index contributed by atoms with van der Waals surface area (Å²) in [5, 5.41) is 13.8. The highest BCUT2D eigenvalue weighted by Gasteiger charge is 2.07. The van der Waals surface area contributed by atoms with Gasteiger partial charge in [0.1, 0.15) is 5.82 Å². The quantitative estimate of drug-likeness (QED) is 0.841. The van der Waals surface area contributed by atoms with Gasteiger partial charge in [-0.05, 0) is 36.2 Å². The number of rotatable bonds is 6. The molecule has 110 valence electrons. The minimum absolute atomic E-state index is 0.229. The molecule has 0 radical (unpaired) electrons. The third-order valence-electron chi connectivity index (χ3n) is 2.82. The third kappa shape index (κ3) is 4.82. The van der Waals surface area contributed by atoms with Gasteiger partial charge in [0.05, 0.1) is 0 Å². The molecule has 0 aliphatic carbocycles. The van der Waals surface area contributed by atoms with Crippen LogP contribution in [0.15, 0.2) is 40.9 Å². The number of nitrogens with zero attached hydrogens (tertiary/aromatic N) is 2. The average Bonchev–Trinajstić information content (AvgIpc) is 2.52. The van der Waals surface area contributed by atoms with Gasteiger partial charge in [-0.15, -0.1) is 10.2 Å². The number of carbonyl (C=O) groups excluding carboxylic acids is 1. The van der Waals surface area contributed by atoms with E-state index >= 15 is 0 Å². The van der Waals surface area contributed by atoms with Crippen molar-refractivity contribution in [3.05, 3.63) is 52.1 Å². The number of anilines is 1. The van der Waals surface area contributed by atoms with Crippen molar-refractivity contribution in [3.8, 4) is 0 Å². The second-order valence-corrected chi connectivity index (χ2v) is 5.46. The minimum Gasteiger partial charge on any atom is -0.369 e. The highest BCUT2D eigenvalue weighted by molar-refractivity contribution is 9.10. The molecule has 6 heteroatoms. The molecule has 2 rings (SSSR count). The van der Waals surface area contributed by atoms with Crippen molar-refractivity contribution in [1.29, 1.82) is 0 Å². The van der Waals surface area contributed by atoms with E-state index in [4.69, 9.17) is 0 Å². The Bertz CT molecular complexity index is 584.